The minimum absolute atomic E-state index is 0.00894. The van der Waals surface area contributed by atoms with Crippen molar-refractivity contribution in [1.82, 2.24) is 14.2 Å². The molecule has 2 heterocycles. The Morgan fingerprint density at radius 1 is 1.29 bits per heavy atom. The normalized spacial score (nSPS) is 15.8. The van der Waals surface area contributed by atoms with E-state index in [1.165, 1.54) is 25.3 Å². The largest absolute Gasteiger partial charge is 0.468 e. The van der Waals surface area contributed by atoms with Gasteiger partial charge in [-0.1, -0.05) is 0 Å². The van der Waals surface area contributed by atoms with Crippen LogP contribution in [0.25, 0.3) is 11.1 Å². The molecule has 0 spiro atoms. The molecule has 11 heteroatoms. The smallest absolute Gasteiger partial charge is 0.420 e. The van der Waals surface area contributed by atoms with E-state index in [2.05, 4.69) is 14.4 Å². The lowest BCUT2D eigenvalue weighted by molar-refractivity contribution is -0.141. The molecule has 1 fully saturated rings. The molecule has 2 aromatic rings. The highest BCUT2D eigenvalue weighted by atomic mass is 32.2. The van der Waals surface area contributed by atoms with Crippen LogP contribution in [0.2, 0.25) is 0 Å². The van der Waals surface area contributed by atoms with Crippen molar-refractivity contribution in [3.8, 4) is 0 Å². The van der Waals surface area contributed by atoms with Gasteiger partial charge in [-0.2, -0.15) is 0 Å². The van der Waals surface area contributed by atoms with Gasteiger partial charge >= 0.3 is 11.7 Å². The molecule has 1 aliphatic rings. The average Bonchev–Trinajstić information content (AvgIpc) is 3.00. The number of methoxy groups -OCH3 is 1. The summed E-state index contributed by atoms with van der Waals surface area (Å²) >= 11 is 0. The Balaban J connectivity index is 1.66. The van der Waals surface area contributed by atoms with Gasteiger partial charge in [0.1, 0.15) is 6.54 Å². The van der Waals surface area contributed by atoms with Gasteiger partial charge in [-0.15, -0.1) is 0 Å². The van der Waals surface area contributed by atoms with Crippen molar-refractivity contribution in [2.75, 3.05) is 46.5 Å². The van der Waals surface area contributed by atoms with Gasteiger partial charge in [0.15, 0.2) is 5.58 Å². The van der Waals surface area contributed by atoms with Gasteiger partial charge in [0.25, 0.3) is 0 Å². The van der Waals surface area contributed by atoms with Gasteiger partial charge in [-0.25, -0.2) is 17.9 Å². The van der Waals surface area contributed by atoms with E-state index in [-0.39, 0.29) is 17.0 Å². The quantitative estimate of drug-likeness (QED) is 0.465. The van der Waals surface area contributed by atoms with Crippen molar-refractivity contribution in [1.29, 1.82) is 0 Å². The van der Waals surface area contributed by atoms with E-state index in [1.54, 1.807) is 0 Å². The average molecular weight is 413 g/mol. The van der Waals surface area contributed by atoms with E-state index < -0.39 is 21.7 Å². The second-order valence-electron chi connectivity index (χ2n) is 6.37. The Labute approximate surface area is 162 Å². The van der Waals surface area contributed by atoms with Crippen molar-refractivity contribution in [2.24, 2.45) is 0 Å². The molecule has 1 N–H and O–H groups in total. The Hall–Kier alpha value is -2.21. The molecular weight excluding hydrogens is 390 g/mol. The number of nitrogens with one attached hydrogen (secondary N) is 1. The number of sulfonamides is 1. The lowest BCUT2D eigenvalue weighted by atomic mass is 10.3. The molecule has 0 aliphatic carbocycles. The molecule has 0 radical (unpaired) electrons. The van der Waals surface area contributed by atoms with Crippen molar-refractivity contribution >= 4 is 27.1 Å². The summed E-state index contributed by atoms with van der Waals surface area (Å²) in [5, 5.41) is 0. The maximum atomic E-state index is 12.5. The lowest BCUT2D eigenvalue weighted by Crippen LogP contribution is -2.38. The van der Waals surface area contributed by atoms with Gasteiger partial charge in [0.05, 0.1) is 30.7 Å². The number of nitrogens with zero attached hydrogens (tertiary/aromatic N) is 2. The number of hydrogen-bond acceptors (Lipinski definition) is 8. The zero-order valence-electron chi connectivity index (χ0n) is 15.5. The fourth-order valence-electron chi connectivity index (χ4n) is 2.97. The summed E-state index contributed by atoms with van der Waals surface area (Å²) in [7, 11) is -2.53. The lowest BCUT2D eigenvalue weighted by Gasteiger charge is -2.26. The molecule has 1 aromatic heterocycles. The number of morpholine rings is 1. The fourth-order valence-corrected chi connectivity index (χ4v) is 4.06. The van der Waals surface area contributed by atoms with Gasteiger partial charge < -0.3 is 13.9 Å². The predicted molar refractivity (Wildman–Crippen MR) is 99.6 cm³/mol. The Morgan fingerprint density at radius 2 is 2.04 bits per heavy atom. The first kappa shape index (κ1) is 20.5. The monoisotopic (exact) mass is 413 g/mol. The molecule has 154 valence electrons. The summed E-state index contributed by atoms with van der Waals surface area (Å²) in [6.45, 7) is 3.88. The number of ether oxygens (including phenoxy) is 2. The van der Waals surface area contributed by atoms with Gasteiger partial charge in [-0.3, -0.25) is 14.3 Å². The number of rotatable bonds is 8. The van der Waals surface area contributed by atoms with Crippen LogP contribution in [0.3, 0.4) is 0 Å². The summed E-state index contributed by atoms with van der Waals surface area (Å²) < 4.78 is 43.5. The minimum Gasteiger partial charge on any atom is -0.468 e. The summed E-state index contributed by atoms with van der Waals surface area (Å²) in [4.78, 5) is 25.6. The predicted octanol–water partition coefficient (Wildman–Crippen LogP) is -0.232. The van der Waals surface area contributed by atoms with Crippen LogP contribution >= 0.6 is 0 Å². The molecule has 1 saturated heterocycles. The second-order valence-corrected chi connectivity index (χ2v) is 8.13. The van der Waals surface area contributed by atoms with Crippen LogP contribution in [-0.4, -0.2) is 70.4 Å². The minimum atomic E-state index is -3.74. The second kappa shape index (κ2) is 8.86. The number of oxazole rings is 1. The topological polar surface area (TPSA) is 120 Å². The number of fused-ring (bicyclic) bond motifs is 1. The molecule has 28 heavy (non-hydrogen) atoms. The van der Waals surface area contributed by atoms with Crippen molar-refractivity contribution in [2.45, 2.75) is 17.9 Å². The van der Waals surface area contributed by atoms with E-state index in [4.69, 9.17) is 9.15 Å². The van der Waals surface area contributed by atoms with Crippen LogP contribution in [0, 0.1) is 0 Å². The number of hydrogen-bond donors (Lipinski definition) is 1. The van der Waals surface area contributed by atoms with Crippen molar-refractivity contribution in [3.05, 3.63) is 28.7 Å². The van der Waals surface area contributed by atoms with E-state index in [0.717, 1.165) is 24.2 Å². The maximum Gasteiger partial charge on any atom is 0.420 e. The number of carbonyl (C=O) groups excluding carboxylic acids is 1. The molecule has 10 nitrogen and oxygen atoms in total. The first-order valence-corrected chi connectivity index (χ1v) is 10.4. The van der Waals surface area contributed by atoms with Crippen LogP contribution < -0.4 is 10.5 Å². The van der Waals surface area contributed by atoms with Crippen molar-refractivity contribution in [3.63, 3.8) is 0 Å². The summed E-state index contributed by atoms with van der Waals surface area (Å²) in [5.41, 5.74) is 0.409. The fraction of sp³-hybridized carbons (Fsp3) is 0.529. The summed E-state index contributed by atoms with van der Waals surface area (Å²) in [5.74, 6) is -1.36. The van der Waals surface area contributed by atoms with Gasteiger partial charge in [0, 0.05) is 25.7 Å². The first-order valence-electron chi connectivity index (χ1n) is 8.91. The summed E-state index contributed by atoms with van der Waals surface area (Å²) in [6.07, 6.45) is 0.673. The van der Waals surface area contributed by atoms with Crippen LogP contribution in [-0.2, 0) is 30.8 Å². The Morgan fingerprint density at radius 3 is 2.75 bits per heavy atom. The molecule has 0 saturated carbocycles. The van der Waals surface area contributed by atoms with E-state index in [9.17, 15) is 18.0 Å². The molecule has 1 aliphatic heterocycles. The molecule has 1 aromatic carbocycles. The molecule has 3 rings (SSSR count). The van der Waals surface area contributed by atoms with Gasteiger partial charge in [-0.05, 0) is 25.1 Å². The Kier molecular flexibility index (Phi) is 6.50. The SMILES string of the molecule is COC(=O)Cn1c(=O)oc2cc(S(=O)(=O)NCCCN3CCOCC3)ccc21. The molecule has 0 amide bonds. The van der Waals surface area contributed by atoms with Crippen LogP contribution in [0.15, 0.2) is 32.3 Å². The third-order valence-corrected chi connectivity index (χ3v) is 5.97. The number of benzene rings is 1. The van der Waals surface area contributed by atoms with Crippen LogP contribution in [0.1, 0.15) is 6.42 Å². The summed E-state index contributed by atoms with van der Waals surface area (Å²) in [6, 6.07) is 4.08. The molecule has 0 bridgehead atoms. The number of aromatic nitrogens is 1. The van der Waals surface area contributed by atoms with Gasteiger partial charge in [0.2, 0.25) is 10.0 Å². The van der Waals surface area contributed by atoms with Crippen molar-refractivity contribution < 1.29 is 27.1 Å². The standard InChI is InChI=1S/C17H23N3O7S/c1-25-16(21)12-20-14-4-3-13(11-15(14)27-17(20)22)28(23,24)18-5-2-6-19-7-9-26-10-8-19/h3-4,11,18H,2,5-10,12H2,1H3. The molecule has 0 atom stereocenters. The highest BCUT2D eigenvalue weighted by Crippen LogP contribution is 2.18. The molecular formula is C17H23N3O7S. The van der Waals surface area contributed by atoms with Crippen LogP contribution in [0.5, 0.6) is 0 Å². The highest BCUT2D eigenvalue weighted by molar-refractivity contribution is 7.89. The van der Waals surface area contributed by atoms with E-state index >= 15 is 0 Å². The molecule has 0 unspecified atom stereocenters. The van der Waals surface area contributed by atoms with E-state index in [1.807, 2.05) is 0 Å². The van der Waals surface area contributed by atoms with E-state index in [0.29, 0.717) is 31.7 Å². The highest BCUT2D eigenvalue weighted by Gasteiger charge is 2.19. The first-order chi connectivity index (χ1) is 13.4. The maximum absolute atomic E-state index is 12.5. The van der Waals surface area contributed by atoms with Crippen LogP contribution in [0.4, 0.5) is 0 Å². The number of carbonyl (C=O) groups is 1. The third kappa shape index (κ3) is 4.79. The zero-order chi connectivity index (χ0) is 20.1. The Bertz CT molecular complexity index is 990. The number of esters is 1. The third-order valence-electron chi connectivity index (χ3n) is 4.51. The zero-order valence-corrected chi connectivity index (χ0v) is 16.4.